The highest BCUT2D eigenvalue weighted by Crippen LogP contribution is 2.18. The molecule has 0 aliphatic carbocycles. The first-order chi connectivity index (χ1) is 13.5. The van der Waals surface area contributed by atoms with E-state index in [-0.39, 0.29) is 11.7 Å². The highest BCUT2D eigenvalue weighted by Gasteiger charge is 2.23. The minimum Gasteiger partial charge on any atom is -0.370 e. The predicted molar refractivity (Wildman–Crippen MR) is 108 cm³/mol. The van der Waals surface area contributed by atoms with E-state index in [1.54, 1.807) is 23.1 Å². The number of piperazine rings is 1. The van der Waals surface area contributed by atoms with Gasteiger partial charge in [0.05, 0.1) is 0 Å². The first kappa shape index (κ1) is 20.0. The third-order valence-corrected chi connectivity index (χ3v) is 4.73. The van der Waals surface area contributed by atoms with Gasteiger partial charge in [0.15, 0.2) is 0 Å². The molecule has 0 spiro atoms. The van der Waals surface area contributed by atoms with Crippen LogP contribution in [0, 0.1) is 5.82 Å². The van der Waals surface area contributed by atoms with Crippen LogP contribution in [-0.2, 0) is 0 Å². The van der Waals surface area contributed by atoms with E-state index in [1.807, 2.05) is 14.1 Å². The molecule has 1 aromatic heterocycles. The van der Waals surface area contributed by atoms with Crippen molar-refractivity contribution in [1.82, 2.24) is 19.8 Å². The van der Waals surface area contributed by atoms with Crippen molar-refractivity contribution in [2.24, 2.45) is 0 Å². The quantitative estimate of drug-likeness (QED) is 0.734. The molecule has 0 bridgehead atoms. The van der Waals surface area contributed by atoms with Gasteiger partial charge in [0, 0.05) is 44.5 Å². The molecule has 1 amide bonds. The van der Waals surface area contributed by atoms with Gasteiger partial charge >= 0.3 is 0 Å². The molecule has 8 heteroatoms. The standard InChI is InChI=1S/C20H27FN6O/c1-25(2)9-3-8-22-19-14-18(23-15-24-19)20(28)27-12-10-26(11-13-27)17-6-4-16(21)5-7-17/h4-7,14-15H,3,8-13H2,1-2H3,(H,22,23,24). The van der Waals surface area contributed by atoms with E-state index < -0.39 is 0 Å². The summed E-state index contributed by atoms with van der Waals surface area (Å²) >= 11 is 0. The third-order valence-electron chi connectivity index (χ3n) is 4.73. The zero-order valence-electron chi connectivity index (χ0n) is 16.4. The van der Waals surface area contributed by atoms with Crippen LogP contribution in [0.25, 0.3) is 0 Å². The monoisotopic (exact) mass is 386 g/mol. The van der Waals surface area contributed by atoms with E-state index in [4.69, 9.17) is 0 Å². The number of anilines is 2. The summed E-state index contributed by atoms with van der Waals surface area (Å²) < 4.78 is 13.1. The van der Waals surface area contributed by atoms with Crippen molar-refractivity contribution in [2.75, 3.05) is 63.6 Å². The molecule has 2 aromatic rings. The van der Waals surface area contributed by atoms with Gasteiger partial charge in [-0.2, -0.15) is 0 Å². The van der Waals surface area contributed by atoms with Gasteiger partial charge in [-0.1, -0.05) is 0 Å². The number of hydrogen-bond donors (Lipinski definition) is 1. The number of carbonyl (C=O) groups excluding carboxylic acids is 1. The van der Waals surface area contributed by atoms with Gasteiger partial charge in [-0.3, -0.25) is 4.79 Å². The Bertz CT molecular complexity index is 775. The second-order valence-electron chi connectivity index (χ2n) is 7.13. The lowest BCUT2D eigenvalue weighted by Crippen LogP contribution is -2.49. The fourth-order valence-corrected chi connectivity index (χ4v) is 3.16. The van der Waals surface area contributed by atoms with E-state index in [0.29, 0.717) is 37.7 Å². The van der Waals surface area contributed by atoms with Crippen LogP contribution in [0.2, 0.25) is 0 Å². The third kappa shape index (κ3) is 5.39. The molecule has 3 rings (SSSR count). The molecule has 7 nitrogen and oxygen atoms in total. The summed E-state index contributed by atoms with van der Waals surface area (Å²) in [6, 6.07) is 8.17. The number of hydrogen-bond acceptors (Lipinski definition) is 6. The van der Waals surface area contributed by atoms with Crippen molar-refractivity contribution in [3.05, 3.63) is 48.2 Å². The molecular weight excluding hydrogens is 359 g/mol. The number of aromatic nitrogens is 2. The summed E-state index contributed by atoms with van der Waals surface area (Å²) in [6.45, 7) is 4.40. The Hall–Kier alpha value is -2.74. The van der Waals surface area contributed by atoms with Gasteiger partial charge in [0.1, 0.15) is 23.7 Å². The lowest BCUT2D eigenvalue weighted by molar-refractivity contribution is 0.0740. The Kier molecular flexibility index (Phi) is 6.76. The number of carbonyl (C=O) groups is 1. The fraction of sp³-hybridized carbons (Fsp3) is 0.450. The zero-order valence-corrected chi connectivity index (χ0v) is 16.4. The Labute approximate surface area is 165 Å². The van der Waals surface area contributed by atoms with Crippen LogP contribution in [0.4, 0.5) is 15.9 Å². The molecular formula is C20H27FN6O. The van der Waals surface area contributed by atoms with E-state index in [1.165, 1.54) is 18.5 Å². The Balaban J connectivity index is 1.53. The second kappa shape index (κ2) is 9.45. The summed E-state index contributed by atoms with van der Waals surface area (Å²) in [6.07, 6.45) is 2.42. The molecule has 0 radical (unpaired) electrons. The lowest BCUT2D eigenvalue weighted by atomic mass is 10.2. The molecule has 1 N–H and O–H groups in total. The maximum Gasteiger partial charge on any atom is 0.272 e. The maximum absolute atomic E-state index is 13.1. The smallest absolute Gasteiger partial charge is 0.272 e. The molecule has 2 heterocycles. The number of nitrogens with zero attached hydrogens (tertiary/aromatic N) is 5. The summed E-state index contributed by atoms with van der Waals surface area (Å²) in [7, 11) is 4.08. The van der Waals surface area contributed by atoms with E-state index in [2.05, 4.69) is 25.1 Å². The number of amides is 1. The minimum atomic E-state index is -0.243. The molecule has 1 aliphatic rings. The average molecular weight is 386 g/mol. The first-order valence-electron chi connectivity index (χ1n) is 9.53. The Morgan fingerprint density at radius 1 is 1.14 bits per heavy atom. The normalized spacial score (nSPS) is 14.4. The van der Waals surface area contributed by atoms with Crippen LogP contribution in [0.3, 0.4) is 0 Å². The van der Waals surface area contributed by atoms with Crippen LogP contribution in [-0.4, -0.2) is 79.0 Å². The van der Waals surface area contributed by atoms with Crippen LogP contribution in [0.5, 0.6) is 0 Å². The molecule has 150 valence electrons. The number of rotatable bonds is 7. The van der Waals surface area contributed by atoms with Crippen molar-refractivity contribution >= 4 is 17.4 Å². The molecule has 1 fully saturated rings. The largest absolute Gasteiger partial charge is 0.370 e. The fourth-order valence-electron chi connectivity index (χ4n) is 3.16. The van der Waals surface area contributed by atoms with E-state index >= 15 is 0 Å². The summed E-state index contributed by atoms with van der Waals surface area (Å²) in [5.41, 5.74) is 1.38. The SMILES string of the molecule is CN(C)CCCNc1cc(C(=O)N2CCN(c3ccc(F)cc3)CC2)ncn1. The molecule has 1 aromatic carbocycles. The van der Waals surface area contributed by atoms with Crippen LogP contribution in [0.1, 0.15) is 16.9 Å². The zero-order chi connectivity index (χ0) is 19.9. The van der Waals surface area contributed by atoms with Gasteiger partial charge in [0.25, 0.3) is 5.91 Å². The first-order valence-corrected chi connectivity index (χ1v) is 9.53. The molecule has 0 atom stereocenters. The summed E-state index contributed by atoms with van der Waals surface area (Å²) in [5.74, 6) is 0.340. The minimum absolute atomic E-state index is 0.0857. The Morgan fingerprint density at radius 3 is 2.54 bits per heavy atom. The Morgan fingerprint density at radius 2 is 1.86 bits per heavy atom. The molecule has 1 aliphatic heterocycles. The molecule has 1 saturated heterocycles. The van der Waals surface area contributed by atoms with Crippen molar-refractivity contribution in [2.45, 2.75) is 6.42 Å². The summed E-state index contributed by atoms with van der Waals surface area (Å²) in [4.78, 5) is 27.2. The van der Waals surface area contributed by atoms with Crippen LogP contribution in [0.15, 0.2) is 36.7 Å². The van der Waals surface area contributed by atoms with Gasteiger partial charge in [-0.05, 0) is 51.3 Å². The van der Waals surface area contributed by atoms with Crippen molar-refractivity contribution in [3.63, 3.8) is 0 Å². The van der Waals surface area contributed by atoms with Gasteiger partial charge in [-0.15, -0.1) is 0 Å². The highest BCUT2D eigenvalue weighted by molar-refractivity contribution is 5.93. The highest BCUT2D eigenvalue weighted by atomic mass is 19.1. The second-order valence-corrected chi connectivity index (χ2v) is 7.13. The predicted octanol–water partition coefficient (Wildman–Crippen LogP) is 1.94. The van der Waals surface area contributed by atoms with Crippen LogP contribution >= 0.6 is 0 Å². The van der Waals surface area contributed by atoms with Crippen LogP contribution < -0.4 is 10.2 Å². The van der Waals surface area contributed by atoms with E-state index in [9.17, 15) is 9.18 Å². The maximum atomic E-state index is 13.1. The van der Waals surface area contributed by atoms with Gasteiger partial charge in [-0.25, -0.2) is 14.4 Å². The average Bonchev–Trinajstić information content (AvgIpc) is 2.71. The molecule has 0 saturated carbocycles. The number of benzene rings is 1. The van der Waals surface area contributed by atoms with Crippen molar-refractivity contribution in [3.8, 4) is 0 Å². The topological polar surface area (TPSA) is 64.6 Å². The van der Waals surface area contributed by atoms with Crippen molar-refractivity contribution in [1.29, 1.82) is 0 Å². The number of nitrogens with one attached hydrogen (secondary N) is 1. The lowest BCUT2D eigenvalue weighted by Gasteiger charge is -2.36. The molecule has 0 unspecified atom stereocenters. The molecule has 28 heavy (non-hydrogen) atoms. The van der Waals surface area contributed by atoms with Gasteiger partial charge < -0.3 is 20.0 Å². The van der Waals surface area contributed by atoms with Gasteiger partial charge in [0.2, 0.25) is 0 Å². The van der Waals surface area contributed by atoms with Crippen molar-refractivity contribution < 1.29 is 9.18 Å². The number of halogens is 1. The summed E-state index contributed by atoms with van der Waals surface area (Å²) in [5, 5.41) is 3.24. The van der Waals surface area contributed by atoms with E-state index in [0.717, 1.165) is 25.2 Å².